The maximum Gasteiger partial charge on any atom is 0.141 e. The maximum absolute atomic E-state index is 9.03. The molecule has 1 aliphatic heterocycles. The van der Waals surface area contributed by atoms with Gasteiger partial charge in [-0.25, -0.2) is 0 Å². The van der Waals surface area contributed by atoms with Gasteiger partial charge in [0.05, 0.1) is 6.61 Å². The first-order valence-electron chi connectivity index (χ1n) is 2.93. The third-order valence-corrected chi connectivity index (χ3v) is 2.24. The minimum Gasteiger partial charge on any atom is -0.388 e. The van der Waals surface area contributed by atoms with Gasteiger partial charge in [-0.1, -0.05) is 15.9 Å². The van der Waals surface area contributed by atoms with Crippen molar-refractivity contribution in [3.8, 4) is 0 Å². The fraction of sp³-hybridized carbons (Fsp3) is 1.00. The summed E-state index contributed by atoms with van der Waals surface area (Å²) >= 11 is 2.98. The number of hydrogen-bond acceptors (Lipinski definition) is 4. The van der Waals surface area contributed by atoms with Crippen LogP contribution >= 0.6 is 15.9 Å². The summed E-state index contributed by atoms with van der Waals surface area (Å²) in [5.41, 5.74) is 0. The predicted octanol–water partition coefficient (Wildman–Crippen LogP) is -1.18. The van der Waals surface area contributed by atoms with E-state index in [1.54, 1.807) is 0 Å². The molecule has 0 aromatic heterocycles. The summed E-state index contributed by atoms with van der Waals surface area (Å²) in [6, 6.07) is 0. The lowest BCUT2D eigenvalue weighted by atomic mass is 10.1. The number of rotatable bonds is 0. The molecular formula is C5H9BrO4. The molecule has 1 saturated heterocycles. The van der Waals surface area contributed by atoms with Crippen LogP contribution in [0.25, 0.3) is 0 Å². The van der Waals surface area contributed by atoms with Crippen molar-refractivity contribution >= 4 is 15.9 Å². The van der Waals surface area contributed by atoms with Crippen LogP contribution in [-0.4, -0.2) is 45.3 Å². The minimum absolute atomic E-state index is 0.0497. The van der Waals surface area contributed by atoms with Crippen LogP contribution in [0, 0.1) is 0 Å². The first-order chi connectivity index (χ1) is 4.63. The van der Waals surface area contributed by atoms with Gasteiger partial charge in [-0.05, 0) is 0 Å². The standard InChI is InChI=1S/C5H9BrO4/c6-5-4(9)3(8)2(7)1-10-5/h2-5,7-9H,1H2/t2-,3+,4+,5+/m1/s1. The SMILES string of the molecule is O[C@@H]1[C@H](O)[C@@H](Br)OC[C@H]1O. The van der Waals surface area contributed by atoms with E-state index in [4.69, 9.17) is 20.1 Å². The van der Waals surface area contributed by atoms with Gasteiger partial charge in [-0.3, -0.25) is 0 Å². The number of aliphatic hydroxyl groups is 3. The van der Waals surface area contributed by atoms with E-state index in [0.717, 1.165) is 0 Å². The lowest BCUT2D eigenvalue weighted by Gasteiger charge is -2.31. The van der Waals surface area contributed by atoms with Gasteiger partial charge < -0.3 is 20.1 Å². The Morgan fingerprint density at radius 1 is 1.20 bits per heavy atom. The van der Waals surface area contributed by atoms with Gasteiger partial charge in [0.1, 0.15) is 23.3 Å². The average molecular weight is 213 g/mol. The average Bonchev–Trinajstić information content (AvgIpc) is 1.93. The molecule has 0 saturated carbocycles. The van der Waals surface area contributed by atoms with E-state index in [-0.39, 0.29) is 6.61 Å². The van der Waals surface area contributed by atoms with Gasteiger partial charge in [0, 0.05) is 0 Å². The number of ether oxygens (including phenoxy) is 1. The van der Waals surface area contributed by atoms with Crippen LogP contribution in [0.5, 0.6) is 0 Å². The van der Waals surface area contributed by atoms with Crippen LogP contribution in [0.2, 0.25) is 0 Å². The smallest absolute Gasteiger partial charge is 0.141 e. The summed E-state index contributed by atoms with van der Waals surface area (Å²) in [7, 11) is 0. The minimum atomic E-state index is -1.11. The summed E-state index contributed by atoms with van der Waals surface area (Å²) in [5, 5.41) is 26.4. The fourth-order valence-electron chi connectivity index (χ4n) is 0.770. The Morgan fingerprint density at radius 3 is 2.30 bits per heavy atom. The van der Waals surface area contributed by atoms with E-state index in [2.05, 4.69) is 15.9 Å². The molecule has 0 aromatic rings. The van der Waals surface area contributed by atoms with Crippen molar-refractivity contribution in [2.24, 2.45) is 0 Å². The molecule has 0 aliphatic carbocycles. The molecule has 0 unspecified atom stereocenters. The molecule has 60 valence electrons. The van der Waals surface area contributed by atoms with Crippen molar-refractivity contribution in [2.45, 2.75) is 23.3 Å². The quantitative estimate of drug-likeness (QED) is 0.443. The molecule has 5 heteroatoms. The van der Waals surface area contributed by atoms with Gasteiger partial charge in [-0.15, -0.1) is 0 Å². The zero-order chi connectivity index (χ0) is 7.72. The predicted molar refractivity (Wildman–Crippen MR) is 36.7 cm³/mol. The second-order valence-electron chi connectivity index (χ2n) is 2.23. The molecule has 0 amide bonds. The van der Waals surface area contributed by atoms with Crippen molar-refractivity contribution in [2.75, 3.05) is 6.61 Å². The number of alkyl halides is 1. The monoisotopic (exact) mass is 212 g/mol. The highest BCUT2D eigenvalue weighted by atomic mass is 79.9. The molecule has 0 spiro atoms. The Labute approximate surface area is 66.6 Å². The zero-order valence-electron chi connectivity index (χ0n) is 5.14. The lowest BCUT2D eigenvalue weighted by Crippen LogP contribution is -2.50. The van der Waals surface area contributed by atoms with E-state index >= 15 is 0 Å². The summed E-state index contributed by atoms with van der Waals surface area (Å²) in [4.78, 5) is 0. The Morgan fingerprint density at radius 2 is 1.80 bits per heavy atom. The van der Waals surface area contributed by atoms with Crippen LogP contribution in [-0.2, 0) is 4.74 Å². The van der Waals surface area contributed by atoms with Gasteiger partial charge in [0.15, 0.2) is 0 Å². The van der Waals surface area contributed by atoms with Gasteiger partial charge in [0.2, 0.25) is 0 Å². The molecule has 1 fully saturated rings. The van der Waals surface area contributed by atoms with E-state index in [1.807, 2.05) is 0 Å². The normalized spacial score (nSPS) is 49.2. The van der Waals surface area contributed by atoms with E-state index < -0.39 is 23.3 Å². The van der Waals surface area contributed by atoms with Crippen LogP contribution in [0.15, 0.2) is 0 Å². The van der Waals surface area contributed by atoms with Gasteiger partial charge in [-0.2, -0.15) is 0 Å². The summed E-state index contributed by atoms with van der Waals surface area (Å²) in [5.74, 6) is 0. The topological polar surface area (TPSA) is 69.9 Å². The van der Waals surface area contributed by atoms with E-state index in [0.29, 0.717) is 0 Å². The molecule has 1 aliphatic rings. The number of hydrogen-bond donors (Lipinski definition) is 3. The van der Waals surface area contributed by atoms with Crippen molar-refractivity contribution in [1.82, 2.24) is 0 Å². The zero-order valence-corrected chi connectivity index (χ0v) is 6.73. The maximum atomic E-state index is 9.03. The van der Waals surface area contributed by atoms with Gasteiger partial charge in [0.25, 0.3) is 0 Å². The van der Waals surface area contributed by atoms with Crippen molar-refractivity contribution < 1.29 is 20.1 Å². The highest BCUT2D eigenvalue weighted by Gasteiger charge is 2.35. The largest absolute Gasteiger partial charge is 0.388 e. The number of aliphatic hydroxyl groups excluding tert-OH is 3. The third kappa shape index (κ3) is 1.49. The van der Waals surface area contributed by atoms with Crippen molar-refractivity contribution in [3.05, 3.63) is 0 Å². The van der Waals surface area contributed by atoms with Crippen molar-refractivity contribution in [3.63, 3.8) is 0 Å². The molecule has 4 atom stereocenters. The molecule has 3 N–H and O–H groups in total. The highest BCUT2D eigenvalue weighted by Crippen LogP contribution is 2.19. The second kappa shape index (κ2) is 3.15. The molecule has 4 nitrogen and oxygen atoms in total. The summed E-state index contributed by atoms with van der Waals surface area (Å²) in [6.07, 6.45) is -3.15. The van der Waals surface area contributed by atoms with E-state index in [9.17, 15) is 0 Å². The summed E-state index contributed by atoms with van der Waals surface area (Å²) < 4.78 is 4.83. The van der Waals surface area contributed by atoms with Crippen LogP contribution in [0.4, 0.5) is 0 Å². The van der Waals surface area contributed by atoms with E-state index in [1.165, 1.54) is 0 Å². The Hall–Kier alpha value is 0.320. The first kappa shape index (κ1) is 8.42. The fourth-order valence-corrected chi connectivity index (χ4v) is 1.24. The van der Waals surface area contributed by atoms with Gasteiger partial charge >= 0.3 is 0 Å². The molecule has 1 heterocycles. The summed E-state index contributed by atoms with van der Waals surface area (Å²) in [6.45, 7) is 0.0497. The molecular weight excluding hydrogens is 204 g/mol. The van der Waals surface area contributed by atoms with Crippen LogP contribution in [0.1, 0.15) is 0 Å². The lowest BCUT2D eigenvalue weighted by molar-refractivity contribution is -0.159. The Bertz CT molecular complexity index is 106. The highest BCUT2D eigenvalue weighted by molar-refractivity contribution is 9.09. The number of halogens is 1. The first-order valence-corrected chi connectivity index (χ1v) is 3.84. The van der Waals surface area contributed by atoms with Crippen LogP contribution < -0.4 is 0 Å². The Kier molecular flexibility index (Phi) is 2.65. The molecule has 10 heavy (non-hydrogen) atoms. The molecule has 1 rings (SSSR count). The molecule has 0 radical (unpaired) electrons. The molecule has 0 bridgehead atoms. The molecule has 0 aromatic carbocycles. The van der Waals surface area contributed by atoms with Crippen molar-refractivity contribution in [1.29, 1.82) is 0 Å². The Balaban J connectivity index is 2.52. The third-order valence-electron chi connectivity index (χ3n) is 1.44. The van der Waals surface area contributed by atoms with Crippen LogP contribution in [0.3, 0.4) is 0 Å². The second-order valence-corrected chi connectivity index (χ2v) is 3.14.